The average molecular weight is 257 g/mol. The predicted molar refractivity (Wildman–Crippen MR) is 72.2 cm³/mol. The van der Waals surface area contributed by atoms with E-state index in [9.17, 15) is 4.79 Å². The van der Waals surface area contributed by atoms with Crippen LogP contribution in [-0.4, -0.2) is 18.7 Å². The van der Waals surface area contributed by atoms with E-state index in [1.165, 1.54) is 6.20 Å². The molecule has 1 aromatic carbocycles. The molecule has 2 radical (unpaired) electrons. The molecule has 1 heterocycles. The minimum Gasteiger partial charge on any atom is -0.282 e. The molecular formula is C12H9BClN3O. The topological polar surface area (TPSA) is 54.0 Å². The fourth-order valence-corrected chi connectivity index (χ4v) is 1.49. The van der Waals surface area contributed by atoms with Crippen molar-refractivity contribution >= 4 is 36.6 Å². The second kappa shape index (κ2) is 5.55. The summed E-state index contributed by atoms with van der Waals surface area (Å²) in [5, 5.41) is 0.508. The van der Waals surface area contributed by atoms with Crippen molar-refractivity contribution in [3.05, 3.63) is 53.2 Å². The Balaban J connectivity index is 1.98. The fourth-order valence-electron chi connectivity index (χ4n) is 1.30. The third-order valence-electron chi connectivity index (χ3n) is 2.18. The number of carbonyl (C=O) groups is 1. The van der Waals surface area contributed by atoms with Crippen LogP contribution in [0, 0.1) is 0 Å². The van der Waals surface area contributed by atoms with E-state index in [0.29, 0.717) is 21.9 Å². The number of benzene rings is 1. The van der Waals surface area contributed by atoms with Crippen LogP contribution in [0.15, 0.2) is 42.6 Å². The van der Waals surface area contributed by atoms with Crippen molar-refractivity contribution in [3.63, 3.8) is 0 Å². The summed E-state index contributed by atoms with van der Waals surface area (Å²) < 4.78 is 0. The summed E-state index contributed by atoms with van der Waals surface area (Å²) in [7, 11) is 5.50. The van der Waals surface area contributed by atoms with Crippen LogP contribution < -0.4 is 16.3 Å². The van der Waals surface area contributed by atoms with Gasteiger partial charge < -0.3 is 0 Å². The summed E-state index contributed by atoms with van der Waals surface area (Å²) in [6.45, 7) is 0. The zero-order valence-corrected chi connectivity index (χ0v) is 10.1. The van der Waals surface area contributed by atoms with Gasteiger partial charge in [-0.25, -0.2) is 4.98 Å². The molecule has 2 aromatic rings. The van der Waals surface area contributed by atoms with E-state index < -0.39 is 0 Å². The van der Waals surface area contributed by atoms with Gasteiger partial charge in [0, 0.05) is 16.8 Å². The molecule has 1 aromatic heterocycles. The number of hydrogen-bond donors (Lipinski definition) is 2. The highest BCUT2D eigenvalue weighted by molar-refractivity contribution is 6.32. The molecule has 18 heavy (non-hydrogen) atoms. The molecule has 0 spiro atoms. The van der Waals surface area contributed by atoms with Gasteiger partial charge in [0.2, 0.25) is 0 Å². The number of halogens is 1. The van der Waals surface area contributed by atoms with E-state index in [-0.39, 0.29) is 5.91 Å². The molecule has 2 rings (SSSR count). The first-order valence-electron chi connectivity index (χ1n) is 5.18. The molecule has 0 fully saturated rings. The molecule has 0 saturated heterocycles. The molecular weight excluding hydrogens is 248 g/mol. The van der Waals surface area contributed by atoms with Crippen molar-refractivity contribution in [1.29, 1.82) is 0 Å². The highest BCUT2D eigenvalue weighted by Gasteiger charge is 2.05. The lowest BCUT2D eigenvalue weighted by Gasteiger charge is -2.08. The van der Waals surface area contributed by atoms with Gasteiger partial charge in [0.1, 0.15) is 13.7 Å². The standard InChI is InChI=1S/C12H9BClN3O/c13-9-4-5-11(15-7-9)16-17-12(18)8-2-1-3-10(14)6-8/h1-7H,(H,15,16)(H,17,18). The smallest absolute Gasteiger partial charge is 0.269 e. The van der Waals surface area contributed by atoms with Crippen molar-refractivity contribution in [1.82, 2.24) is 10.4 Å². The summed E-state index contributed by atoms with van der Waals surface area (Å²) >= 11 is 5.80. The molecule has 0 atom stereocenters. The Labute approximate surface area is 111 Å². The second-order valence-corrected chi connectivity index (χ2v) is 4.00. The van der Waals surface area contributed by atoms with Gasteiger partial charge in [-0.15, -0.1) is 0 Å². The number of pyridine rings is 1. The number of hydrogen-bond acceptors (Lipinski definition) is 3. The van der Waals surface area contributed by atoms with Gasteiger partial charge in [-0.1, -0.05) is 29.2 Å². The average Bonchev–Trinajstić information content (AvgIpc) is 2.38. The number of carbonyl (C=O) groups excluding carboxylic acids is 1. The maximum absolute atomic E-state index is 11.8. The lowest BCUT2D eigenvalue weighted by molar-refractivity contribution is 0.0962. The third kappa shape index (κ3) is 3.24. The lowest BCUT2D eigenvalue weighted by Crippen LogP contribution is -2.29. The first kappa shape index (κ1) is 12.5. The molecule has 0 aliphatic heterocycles. The molecule has 0 bridgehead atoms. The molecule has 4 nitrogen and oxygen atoms in total. The van der Waals surface area contributed by atoms with Gasteiger partial charge in [-0.2, -0.15) is 0 Å². The highest BCUT2D eigenvalue weighted by atomic mass is 35.5. The summed E-state index contributed by atoms with van der Waals surface area (Å²) in [6.07, 6.45) is 1.49. The third-order valence-corrected chi connectivity index (χ3v) is 2.41. The summed E-state index contributed by atoms with van der Waals surface area (Å²) in [6, 6.07) is 9.99. The molecule has 0 aliphatic rings. The van der Waals surface area contributed by atoms with Crippen LogP contribution in [-0.2, 0) is 0 Å². The number of rotatable bonds is 3. The van der Waals surface area contributed by atoms with E-state index in [0.717, 1.165) is 0 Å². The molecule has 88 valence electrons. The monoisotopic (exact) mass is 257 g/mol. The van der Waals surface area contributed by atoms with E-state index in [4.69, 9.17) is 19.4 Å². The Bertz CT molecular complexity index is 560. The van der Waals surface area contributed by atoms with Gasteiger partial charge >= 0.3 is 0 Å². The predicted octanol–water partition coefficient (Wildman–Crippen LogP) is 1.29. The number of nitrogens with one attached hydrogen (secondary N) is 2. The summed E-state index contributed by atoms with van der Waals surface area (Å²) in [5.41, 5.74) is 6.21. The molecule has 2 N–H and O–H groups in total. The number of hydrazine groups is 1. The summed E-state index contributed by atoms with van der Waals surface area (Å²) in [5.74, 6) is 0.204. The largest absolute Gasteiger partial charge is 0.282 e. The van der Waals surface area contributed by atoms with Crippen molar-refractivity contribution < 1.29 is 4.79 Å². The van der Waals surface area contributed by atoms with Crippen LogP contribution in [0.1, 0.15) is 10.4 Å². The second-order valence-electron chi connectivity index (χ2n) is 3.57. The Morgan fingerprint density at radius 2 is 2.11 bits per heavy atom. The van der Waals surface area contributed by atoms with Gasteiger partial charge in [-0.3, -0.25) is 15.6 Å². The van der Waals surface area contributed by atoms with E-state index in [1.54, 1.807) is 36.4 Å². The Hall–Kier alpha value is -2.01. The number of anilines is 1. The molecule has 0 saturated carbocycles. The van der Waals surface area contributed by atoms with Crippen molar-refractivity contribution in [3.8, 4) is 0 Å². The maximum Gasteiger partial charge on any atom is 0.269 e. The van der Waals surface area contributed by atoms with Crippen molar-refractivity contribution in [2.75, 3.05) is 5.43 Å². The quantitative estimate of drug-likeness (QED) is 0.643. The Morgan fingerprint density at radius 1 is 1.28 bits per heavy atom. The fraction of sp³-hybridized carbons (Fsp3) is 0. The first-order valence-corrected chi connectivity index (χ1v) is 5.56. The van der Waals surface area contributed by atoms with E-state index >= 15 is 0 Å². The zero-order chi connectivity index (χ0) is 13.0. The van der Waals surface area contributed by atoms with Crippen molar-refractivity contribution in [2.24, 2.45) is 0 Å². The zero-order valence-electron chi connectivity index (χ0n) is 9.35. The molecule has 0 unspecified atom stereocenters. The van der Waals surface area contributed by atoms with Crippen LogP contribution in [0.5, 0.6) is 0 Å². The Morgan fingerprint density at radius 3 is 2.78 bits per heavy atom. The number of aromatic nitrogens is 1. The van der Waals surface area contributed by atoms with Crippen LogP contribution in [0.25, 0.3) is 0 Å². The first-order chi connectivity index (χ1) is 8.65. The molecule has 6 heteroatoms. The van der Waals surface area contributed by atoms with Crippen LogP contribution in [0.4, 0.5) is 5.82 Å². The van der Waals surface area contributed by atoms with Crippen LogP contribution in [0.2, 0.25) is 5.02 Å². The molecule has 1 amide bonds. The normalized spacial score (nSPS) is 9.83. The van der Waals surface area contributed by atoms with Gasteiger partial charge in [0.15, 0.2) is 0 Å². The van der Waals surface area contributed by atoms with Gasteiger partial charge in [0.05, 0.1) is 0 Å². The number of nitrogens with zero attached hydrogens (tertiary/aromatic N) is 1. The number of amides is 1. The lowest BCUT2D eigenvalue weighted by atomic mass is 9.99. The highest BCUT2D eigenvalue weighted by Crippen LogP contribution is 2.10. The van der Waals surface area contributed by atoms with Crippen molar-refractivity contribution in [2.45, 2.75) is 0 Å². The van der Waals surface area contributed by atoms with Gasteiger partial charge in [-0.05, 0) is 24.3 Å². The van der Waals surface area contributed by atoms with Crippen LogP contribution in [0.3, 0.4) is 0 Å². The van der Waals surface area contributed by atoms with E-state index in [1.807, 2.05) is 0 Å². The van der Waals surface area contributed by atoms with Crippen LogP contribution >= 0.6 is 11.6 Å². The molecule has 0 aliphatic carbocycles. The Kier molecular flexibility index (Phi) is 3.84. The minimum absolute atomic E-state index is 0.295. The SMILES string of the molecule is [B]c1ccc(NNC(=O)c2cccc(Cl)c2)nc1. The van der Waals surface area contributed by atoms with E-state index in [2.05, 4.69) is 15.8 Å². The minimum atomic E-state index is -0.295. The van der Waals surface area contributed by atoms with Gasteiger partial charge in [0.25, 0.3) is 5.91 Å². The maximum atomic E-state index is 11.8. The summed E-state index contributed by atoms with van der Waals surface area (Å²) in [4.78, 5) is 15.7.